The Labute approximate surface area is 146 Å². The van der Waals surface area contributed by atoms with Gasteiger partial charge in [-0.05, 0) is 48.6 Å². The third kappa shape index (κ3) is 4.02. The second kappa shape index (κ2) is 6.53. The summed E-state index contributed by atoms with van der Waals surface area (Å²) in [6.45, 7) is 4.07. The monoisotopic (exact) mass is 363 g/mol. The minimum atomic E-state index is -4.56. The highest BCUT2D eigenvalue weighted by Gasteiger charge is 2.27. The Morgan fingerprint density at radius 2 is 1.84 bits per heavy atom. The molecule has 1 aliphatic carbocycles. The molecular formula is C17H21N3O4S. The maximum atomic E-state index is 12.1. The van der Waals surface area contributed by atoms with Gasteiger partial charge in [-0.1, -0.05) is 26.0 Å². The van der Waals surface area contributed by atoms with Crippen molar-refractivity contribution in [3.63, 3.8) is 0 Å². The fraction of sp³-hybridized carbons (Fsp3) is 0.353. The summed E-state index contributed by atoms with van der Waals surface area (Å²) >= 11 is 0. The fourth-order valence-corrected chi connectivity index (χ4v) is 3.26. The summed E-state index contributed by atoms with van der Waals surface area (Å²) in [5.41, 5.74) is 1.58. The molecular weight excluding hydrogens is 342 g/mol. The van der Waals surface area contributed by atoms with Gasteiger partial charge in [-0.15, -0.1) is 0 Å². The molecule has 0 spiro atoms. The predicted molar refractivity (Wildman–Crippen MR) is 95.5 cm³/mol. The zero-order chi connectivity index (χ0) is 18.2. The molecule has 1 fully saturated rings. The fourth-order valence-electron chi connectivity index (χ4n) is 2.52. The van der Waals surface area contributed by atoms with E-state index in [-0.39, 0.29) is 29.1 Å². The standard InChI is InChI=1S/C17H21N3O4S/c1-11(2)12-3-7-14(8-4-12)20(25(22,23)24)16-10-9-15(19-16)17(21)18-13-5-6-13/h3-4,7-11,13,19H,5-6H2,1-2H3,(H,18,21)(H,22,23,24). The highest BCUT2D eigenvalue weighted by molar-refractivity contribution is 7.87. The Bertz CT molecular complexity index is 868. The van der Waals surface area contributed by atoms with E-state index in [4.69, 9.17) is 0 Å². The number of aromatic amines is 1. The highest BCUT2D eigenvalue weighted by atomic mass is 32.2. The number of amides is 1. The molecule has 3 rings (SSSR count). The number of hydrogen-bond donors (Lipinski definition) is 3. The number of rotatable bonds is 6. The zero-order valence-corrected chi connectivity index (χ0v) is 14.9. The summed E-state index contributed by atoms with van der Waals surface area (Å²) in [4.78, 5) is 14.8. The Morgan fingerprint density at radius 3 is 2.36 bits per heavy atom. The first-order valence-electron chi connectivity index (χ1n) is 8.13. The van der Waals surface area contributed by atoms with E-state index in [1.54, 1.807) is 12.1 Å². The number of anilines is 2. The van der Waals surface area contributed by atoms with Crippen LogP contribution in [0.3, 0.4) is 0 Å². The lowest BCUT2D eigenvalue weighted by Gasteiger charge is -2.20. The van der Waals surface area contributed by atoms with Gasteiger partial charge >= 0.3 is 10.3 Å². The second-order valence-electron chi connectivity index (χ2n) is 6.49. The van der Waals surface area contributed by atoms with Crippen LogP contribution in [0.25, 0.3) is 0 Å². The van der Waals surface area contributed by atoms with E-state index >= 15 is 0 Å². The van der Waals surface area contributed by atoms with Crippen LogP contribution >= 0.6 is 0 Å². The molecule has 134 valence electrons. The van der Waals surface area contributed by atoms with Crippen LogP contribution in [0.2, 0.25) is 0 Å². The van der Waals surface area contributed by atoms with Crippen LogP contribution in [-0.2, 0) is 10.3 Å². The maximum absolute atomic E-state index is 12.1. The molecule has 0 saturated heterocycles. The lowest BCUT2D eigenvalue weighted by Crippen LogP contribution is -2.27. The zero-order valence-electron chi connectivity index (χ0n) is 14.1. The van der Waals surface area contributed by atoms with E-state index in [0.717, 1.165) is 22.7 Å². The molecule has 0 atom stereocenters. The van der Waals surface area contributed by atoms with Crippen LogP contribution in [-0.4, -0.2) is 29.9 Å². The number of nitrogens with zero attached hydrogens (tertiary/aromatic N) is 1. The van der Waals surface area contributed by atoms with E-state index < -0.39 is 10.3 Å². The molecule has 0 aliphatic heterocycles. The maximum Gasteiger partial charge on any atom is 0.365 e. The molecule has 1 heterocycles. The normalized spacial score (nSPS) is 14.6. The molecule has 25 heavy (non-hydrogen) atoms. The first-order chi connectivity index (χ1) is 11.8. The van der Waals surface area contributed by atoms with Crippen molar-refractivity contribution in [2.75, 3.05) is 4.31 Å². The summed E-state index contributed by atoms with van der Waals surface area (Å²) in [6, 6.07) is 9.99. The highest BCUT2D eigenvalue weighted by Crippen LogP contribution is 2.29. The van der Waals surface area contributed by atoms with Crippen LogP contribution in [0, 0.1) is 0 Å². The number of aromatic nitrogens is 1. The molecule has 1 amide bonds. The van der Waals surface area contributed by atoms with Gasteiger partial charge in [0.15, 0.2) is 0 Å². The van der Waals surface area contributed by atoms with Crippen molar-refractivity contribution in [3.05, 3.63) is 47.7 Å². The first-order valence-corrected chi connectivity index (χ1v) is 9.53. The summed E-state index contributed by atoms with van der Waals surface area (Å²) < 4.78 is 34.2. The molecule has 1 saturated carbocycles. The van der Waals surface area contributed by atoms with E-state index in [0.29, 0.717) is 5.92 Å². The Morgan fingerprint density at radius 1 is 1.20 bits per heavy atom. The van der Waals surface area contributed by atoms with E-state index in [1.807, 2.05) is 26.0 Å². The number of nitrogens with one attached hydrogen (secondary N) is 2. The predicted octanol–water partition coefficient (Wildman–Crippen LogP) is 2.97. The van der Waals surface area contributed by atoms with Gasteiger partial charge in [0.25, 0.3) is 5.91 Å². The average Bonchev–Trinajstić information content (AvgIpc) is 3.21. The van der Waals surface area contributed by atoms with Gasteiger partial charge in [0.1, 0.15) is 11.5 Å². The largest absolute Gasteiger partial charge is 0.365 e. The average molecular weight is 363 g/mol. The van der Waals surface area contributed by atoms with Gasteiger partial charge in [-0.2, -0.15) is 8.42 Å². The lowest BCUT2D eigenvalue weighted by molar-refractivity contribution is 0.0946. The molecule has 1 aromatic heterocycles. The van der Waals surface area contributed by atoms with E-state index in [2.05, 4.69) is 10.3 Å². The van der Waals surface area contributed by atoms with Crippen molar-refractivity contribution in [2.24, 2.45) is 0 Å². The molecule has 0 radical (unpaired) electrons. The SMILES string of the molecule is CC(C)c1ccc(N(c2ccc(C(=O)NC3CC3)[nH]2)S(=O)(=O)O)cc1. The summed E-state index contributed by atoms with van der Waals surface area (Å²) in [7, 11) is -4.56. The first kappa shape index (κ1) is 17.5. The van der Waals surface area contributed by atoms with Gasteiger partial charge in [0.2, 0.25) is 0 Å². The van der Waals surface area contributed by atoms with Crippen molar-refractivity contribution in [1.82, 2.24) is 10.3 Å². The van der Waals surface area contributed by atoms with Crippen LogP contribution in [0.5, 0.6) is 0 Å². The smallest absolute Gasteiger partial charge is 0.348 e. The number of carbonyl (C=O) groups is 1. The number of hydrogen-bond acceptors (Lipinski definition) is 3. The van der Waals surface area contributed by atoms with Gasteiger partial charge < -0.3 is 10.3 Å². The lowest BCUT2D eigenvalue weighted by atomic mass is 10.0. The van der Waals surface area contributed by atoms with Gasteiger partial charge in [-0.25, -0.2) is 4.31 Å². The Hall–Kier alpha value is -2.32. The molecule has 7 nitrogen and oxygen atoms in total. The van der Waals surface area contributed by atoms with Crippen LogP contribution in [0.4, 0.5) is 11.5 Å². The van der Waals surface area contributed by atoms with Crippen molar-refractivity contribution in [2.45, 2.75) is 38.6 Å². The number of carbonyl (C=O) groups excluding carboxylic acids is 1. The minimum absolute atomic E-state index is 0.0979. The molecule has 2 aromatic rings. The quantitative estimate of drug-likeness (QED) is 0.687. The van der Waals surface area contributed by atoms with E-state index in [9.17, 15) is 17.8 Å². The van der Waals surface area contributed by atoms with Crippen LogP contribution in [0.15, 0.2) is 36.4 Å². The molecule has 1 aliphatic rings. The van der Waals surface area contributed by atoms with Gasteiger partial charge in [0.05, 0.1) is 5.69 Å². The van der Waals surface area contributed by atoms with Crippen molar-refractivity contribution in [3.8, 4) is 0 Å². The third-order valence-corrected chi connectivity index (χ3v) is 4.94. The van der Waals surface area contributed by atoms with Gasteiger partial charge in [-0.3, -0.25) is 9.35 Å². The molecule has 3 N–H and O–H groups in total. The van der Waals surface area contributed by atoms with E-state index in [1.165, 1.54) is 12.1 Å². The van der Waals surface area contributed by atoms with Crippen molar-refractivity contribution >= 4 is 27.7 Å². The summed E-state index contributed by atoms with van der Waals surface area (Å²) in [6.07, 6.45) is 1.91. The van der Waals surface area contributed by atoms with Gasteiger partial charge in [0, 0.05) is 6.04 Å². The minimum Gasteiger partial charge on any atom is -0.348 e. The molecule has 1 aromatic carbocycles. The van der Waals surface area contributed by atoms with Crippen molar-refractivity contribution < 1.29 is 17.8 Å². The topological polar surface area (TPSA) is 103 Å². The Balaban J connectivity index is 1.91. The summed E-state index contributed by atoms with van der Waals surface area (Å²) in [5.74, 6) is 0.108. The number of H-pyrrole nitrogens is 1. The molecule has 8 heteroatoms. The third-order valence-electron chi connectivity index (χ3n) is 4.07. The van der Waals surface area contributed by atoms with Crippen molar-refractivity contribution in [1.29, 1.82) is 0 Å². The van der Waals surface area contributed by atoms with Crippen LogP contribution in [0.1, 0.15) is 48.7 Å². The Kier molecular flexibility index (Phi) is 4.57. The molecule has 0 unspecified atom stereocenters. The number of benzene rings is 1. The molecule has 0 bridgehead atoms. The summed E-state index contributed by atoms with van der Waals surface area (Å²) in [5, 5.41) is 2.82. The second-order valence-corrected chi connectivity index (χ2v) is 7.75. The van der Waals surface area contributed by atoms with Crippen LogP contribution < -0.4 is 9.62 Å².